The summed E-state index contributed by atoms with van der Waals surface area (Å²) in [6, 6.07) is 9.45. The minimum absolute atomic E-state index is 0.186. The van der Waals surface area contributed by atoms with E-state index in [-0.39, 0.29) is 11.7 Å². The maximum Gasteiger partial charge on any atom is 0.123 e. The lowest BCUT2D eigenvalue weighted by Crippen LogP contribution is -2.37. The molecule has 0 spiro atoms. The van der Waals surface area contributed by atoms with Gasteiger partial charge in [0.1, 0.15) is 5.82 Å². The van der Waals surface area contributed by atoms with Crippen molar-refractivity contribution >= 4 is 0 Å². The highest BCUT2D eigenvalue weighted by Crippen LogP contribution is 2.18. The van der Waals surface area contributed by atoms with Gasteiger partial charge in [-0.25, -0.2) is 4.39 Å². The molecule has 0 aromatic heterocycles. The highest BCUT2D eigenvalue weighted by atomic mass is 19.1. The van der Waals surface area contributed by atoms with Crippen molar-refractivity contribution < 1.29 is 4.39 Å². The van der Waals surface area contributed by atoms with Crippen molar-refractivity contribution in [3.63, 3.8) is 0 Å². The van der Waals surface area contributed by atoms with Gasteiger partial charge in [-0.1, -0.05) is 12.1 Å². The Morgan fingerprint density at radius 2 is 2.12 bits per heavy atom. The number of aryl methyl sites for hydroxylation is 1. The maximum atomic E-state index is 12.7. The lowest BCUT2D eigenvalue weighted by atomic mass is 9.90. The van der Waals surface area contributed by atoms with Crippen LogP contribution < -0.4 is 5.32 Å². The molecule has 1 fully saturated rings. The van der Waals surface area contributed by atoms with E-state index in [9.17, 15) is 4.39 Å². The number of nitrogens with zero attached hydrogens (tertiary/aromatic N) is 1. The summed E-state index contributed by atoms with van der Waals surface area (Å²) in [6.07, 6.45) is 3.86. The summed E-state index contributed by atoms with van der Waals surface area (Å²) in [5.74, 6) is 0.0172. The summed E-state index contributed by atoms with van der Waals surface area (Å²) >= 11 is 0. The number of benzene rings is 1. The first kappa shape index (κ1) is 12.1. The van der Waals surface area contributed by atoms with Crippen molar-refractivity contribution in [2.24, 2.45) is 5.92 Å². The van der Waals surface area contributed by atoms with Crippen LogP contribution in [0.3, 0.4) is 0 Å². The Labute approximate surface area is 101 Å². The third kappa shape index (κ3) is 3.54. The fourth-order valence-electron chi connectivity index (χ4n) is 2.34. The van der Waals surface area contributed by atoms with Gasteiger partial charge in [0, 0.05) is 12.0 Å². The van der Waals surface area contributed by atoms with Crippen LogP contribution in [0.1, 0.15) is 24.8 Å². The monoisotopic (exact) mass is 232 g/mol. The molecule has 0 aliphatic carbocycles. The van der Waals surface area contributed by atoms with E-state index < -0.39 is 0 Å². The van der Waals surface area contributed by atoms with Gasteiger partial charge in [0.05, 0.1) is 6.07 Å². The smallest absolute Gasteiger partial charge is 0.123 e. The molecule has 2 unspecified atom stereocenters. The highest BCUT2D eigenvalue weighted by molar-refractivity contribution is 5.16. The predicted molar refractivity (Wildman–Crippen MR) is 64.8 cm³/mol. The van der Waals surface area contributed by atoms with Crippen LogP contribution >= 0.6 is 0 Å². The first-order chi connectivity index (χ1) is 8.28. The average Bonchev–Trinajstić information content (AvgIpc) is 2.38. The lowest BCUT2D eigenvalue weighted by molar-refractivity contribution is 0.335. The van der Waals surface area contributed by atoms with Crippen LogP contribution in [-0.4, -0.2) is 12.6 Å². The first-order valence-electron chi connectivity index (χ1n) is 6.15. The molecule has 0 saturated carbocycles. The van der Waals surface area contributed by atoms with Gasteiger partial charge in [-0.3, -0.25) is 0 Å². The molecule has 3 heteroatoms. The van der Waals surface area contributed by atoms with E-state index in [1.165, 1.54) is 12.1 Å². The Bertz CT molecular complexity index is 394. The normalized spacial score (nSPS) is 24.2. The van der Waals surface area contributed by atoms with Crippen molar-refractivity contribution in [3.8, 4) is 6.07 Å². The van der Waals surface area contributed by atoms with Gasteiger partial charge in [0.15, 0.2) is 0 Å². The number of nitriles is 1. The van der Waals surface area contributed by atoms with Crippen molar-refractivity contribution in [1.82, 2.24) is 5.32 Å². The van der Waals surface area contributed by atoms with Crippen LogP contribution in [0.4, 0.5) is 4.39 Å². The molecule has 0 radical (unpaired) electrons. The molecule has 17 heavy (non-hydrogen) atoms. The molecule has 2 atom stereocenters. The predicted octanol–water partition coefficient (Wildman–Crippen LogP) is 2.65. The summed E-state index contributed by atoms with van der Waals surface area (Å²) in [5.41, 5.74) is 1.16. The summed E-state index contributed by atoms with van der Waals surface area (Å²) in [4.78, 5) is 0. The first-order valence-corrected chi connectivity index (χ1v) is 6.15. The molecule has 1 aromatic rings. The number of piperidine rings is 1. The summed E-state index contributed by atoms with van der Waals surface area (Å²) in [5, 5.41) is 12.3. The zero-order valence-electron chi connectivity index (χ0n) is 9.82. The molecular weight excluding hydrogens is 215 g/mol. The number of halogens is 1. The quantitative estimate of drug-likeness (QED) is 0.869. The van der Waals surface area contributed by atoms with Gasteiger partial charge in [-0.15, -0.1) is 0 Å². The van der Waals surface area contributed by atoms with Crippen molar-refractivity contribution in [2.75, 3.05) is 6.54 Å². The van der Waals surface area contributed by atoms with E-state index >= 15 is 0 Å². The number of hydrogen-bond donors (Lipinski definition) is 1. The second-order valence-corrected chi connectivity index (χ2v) is 4.67. The molecule has 2 rings (SSSR count). The average molecular weight is 232 g/mol. The molecule has 1 N–H and O–H groups in total. The van der Waals surface area contributed by atoms with Crippen LogP contribution in [-0.2, 0) is 6.42 Å². The van der Waals surface area contributed by atoms with Gasteiger partial charge in [0.2, 0.25) is 0 Å². The molecule has 1 aromatic carbocycles. The van der Waals surface area contributed by atoms with Gasteiger partial charge in [0.25, 0.3) is 0 Å². The fourth-order valence-corrected chi connectivity index (χ4v) is 2.34. The van der Waals surface area contributed by atoms with Gasteiger partial charge in [-0.05, 0) is 49.9 Å². The molecule has 0 bridgehead atoms. The largest absolute Gasteiger partial charge is 0.314 e. The Balaban J connectivity index is 1.82. The van der Waals surface area contributed by atoms with Crippen molar-refractivity contribution in [3.05, 3.63) is 35.6 Å². The topological polar surface area (TPSA) is 35.8 Å². The molecule has 1 heterocycles. The number of rotatable bonds is 3. The van der Waals surface area contributed by atoms with Crippen LogP contribution in [0.2, 0.25) is 0 Å². The molecule has 1 aliphatic heterocycles. The second-order valence-electron chi connectivity index (χ2n) is 4.67. The molecule has 2 nitrogen and oxygen atoms in total. The second kappa shape index (κ2) is 5.79. The molecular formula is C14H17FN2. The Morgan fingerprint density at radius 3 is 2.82 bits per heavy atom. The minimum atomic E-state index is -0.186. The molecule has 1 saturated heterocycles. The zero-order chi connectivity index (χ0) is 12.1. The lowest BCUT2D eigenvalue weighted by Gasteiger charge is -2.26. The Kier molecular flexibility index (Phi) is 4.11. The minimum Gasteiger partial charge on any atom is -0.314 e. The SMILES string of the molecule is N#CC1CCNC(CCc2ccc(F)cc2)C1. The third-order valence-corrected chi connectivity index (χ3v) is 3.37. The zero-order valence-corrected chi connectivity index (χ0v) is 9.82. The van der Waals surface area contributed by atoms with Crippen LogP contribution in [0.5, 0.6) is 0 Å². The standard InChI is InChI=1S/C14H17FN2/c15-13-4-1-11(2-5-13)3-6-14-9-12(10-16)7-8-17-14/h1-2,4-5,12,14,17H,3,6-9H2. The van der Waals surface area contributed by atoms with E-state index in [0.29, 0.717) is 6.04 Å². The van der Waals surface area contributed by atoms with Gasteiger partial charge < -0.3 is 5.32 Å². The molecule has 1 aliphatic rings. The number of nitrogens with one attached hydrogen (secondary N) is 1. The maximum absolute atomic E-state index is 12.7. The van der Waals surface area contributed by atoms with E-state index in [0.717, 1.165) is 37.8 Å². The van der Waals surface area contributed by atoms with Crippen LogP contribution in [0, 0.1) is 23.1 Å². The van der Waals surface area contributed by atoms with E-state index in [1.807, 2.05) is 12.1 Å². The van der Waals surface area contributed by atoms with Crippen molar-refractivity contribution in [1.29, 1.82) is 5.26 Å². The van der Waals surface area contributed by atoms with E-state index in [2.05, 4.69) is 11.4 Å². The van der Waals surface area contributed by atoms with Gasteiger partial charge in [-0.2, -0.15) is 5.26 Å². The number of hydrogen-bond acceptors (Lipinski definition) is 2. The summed E-state index contributed by atoms with van der Waals surface area (Å²) in [6.45, 7) is 0.937. The van der Waals surface area contributed by atoms with Crippen molar-refractivity contribution in [2.45, 2.75) is 31.7 Å². The third-order valence-electron chi connectivity index (χ3n) is 3.37. The van der Waals surface area contributed by atoms with Crippen LogP contribution in [0.25, 0.3) is 0 Å². The fraction of sp³-hybridized carbons (Fsp3) is 0.500. The Hall–Kier alpha value is -1.40. The highest BCUT2D eigenvalue weighted by Gasteiger charge is 2.20. The van der Waals surface area contributed by atoms with E-state index in [4.69, 9.17) is 5.26 Å². The van der Waals surface area contributed by atoms with Crippen LogP contribution in [0.15, 0.2) is 24.3 Å². The summed E-state index contributed by atoms with van der Waals surface area (Å²) < 4.78 is 12.7. The van der Waals surface area contributed by atoms with E-state index in [1.54, 1.807) is 0 Å². The molecule has 90 valence electrons. The molecule has 0 amide bonds. The Morgan fingerprint density at radius 1 is 1.35 bits per heavy atom. The summed E-state index contributed by atoms with van der Waals surface area (Å²) in [7, 11) is 0. The van der Waals surface area contributed by atoms with Gasteiger partial charge >= 0.3 is 0 Å².